The van der Waals surface area contributed by atoms with Gasteiger partial charge in [0.25, 0.3) is 5.91 Å². The van der Waals surface area contributed by atoms with Crippen LogP contribution in [0.2, 0.25) is 0 Å². The molecule has 6 heteroatoms. The Morgan fingerprint density at radius 2 is 2.56 bits per heavy atom. The lowest BCUT2D eigenvalue weighted by Crippen LogP contribution is -2.23. The number of ether oxygens (including phenoxy) is 1. The first-order chi connectivity index (χ1) is 8.83. The van der Waals surface area contributed by atoms with Gasteiger partial charge in [0.1, 0.15) is 0 Å². The van der Waals surface area contributed by atoms with E-state index < -0.39 is 0 Å². The Morgan fingerprint density at radius 3 is 3.33 bits per heavy atom. The molecule has 3 heterocycles. The molecule has 0 aromatic carbocycles. The van der Waals surface area contributed by atoms with Crippen LogP contribution in [-0.2, 0) is 13.1 Å². The van der Waals surface area contributed by atoms with Gasteiger partial charge in [-0.1, -0.05) is 6.07 Å². The van der Waals surface area contributed by atoms with Gasteiger partial charge in [-0.05, 0) is 11.4 Å². The number of amides is 1. The van der Waals surface area contributed by atoms with Crippen molar-refractivity contribution in [1.29, 1.82) is 0 Å². The lowest BCUT2D eigenvalue weighted by atomic mass is 10.3. The number of nitrogens with one attached hydrogen (secondary N) is 1. The van der Waals surface area contributed by atoms with E-state index in [0.29, 0.717) is 24.7 Å². The van der Waals surface area contributed by atoms with Gasteiger partial charge in [-0.2, -0.15) is 5.10 Å². The molecular formula is C12H13N3O2S. The Hall–Kier alpha value is -1.82. The van der Waals surface area contributed by atoms with Crippen LogP contribution >= 0.6 is 11.3 Å². The zero-order valence-corrected chi connectivity index (χ0v) is 10.6. The summed E-state index contributed by atoms with van der Waals surface area (Å²) in [5.41, 5.74) is 0.420. The molecule has 0 unspecified atom stereocenters. The molecule has 94 valence electrons. The monoisotopic (exact) mass is 263 g/mol. The molecule has 0 radical (unpaired) electrons. The maximum Gasteiger partial charge on any atom is 0.272 e. The predicted octanol–water partition coefficient (Wildman–Crippen LogP) is 1.66. The van der Waals surface area contributed by atoms with Gasteiger partial charge in [-0.25, -0.2) is 4.68 Å². The van der Waals surface area contributed by atoms with Gasteiger partial charge in [-0.15, -0.1) is 11.3 Å². The molecule has 0 aliphatic carbocycles. The van der Waals surface area contributed by atoms with Crippen molar-refractivity contribution >= 4 is 17.2 Å². The minimum Gasteiger partial charge on any atom is -0.478 e. The second kappa shape index (κ2) is 4.81. The largest absolute Gasteiger partial charge is 0.478 e. The van der Waals surface area contributed by atoms with Crippen molar-refractivity contribution in [3.05, 3.63) is 34.2 Å². The van der Waals surface area contributed by atoms with E-state index in [1.54, 1.807) is 22.1 Å². The maximum atomic E-state index is 11.9. The molecule has 5 nitrogen and oxygen atoms in total. The van der Waals surface area contributed by atoms with Gasteiger partial charge >= 0.3 is 0 Å². The van der Waals surface area contributed by atoms with E-state index in [1.165, 1.54) is 0 Å². The molecule has 0 atom stereocenters. The molecule has 2 aromatic rings. The first kappa shape index (κ1) is 11.3. The summed E-state index contributed by atoms with van der Waals surface area (Å²) in [6.07, 6.45) is 0.935. The van der Waals surface area contributed by atoms with E-state index in [1.807, 2.05) is 17.5 Å². The lowest BCUT2D eigenvalue weighted by Gasteiger charge is -2.13. The van der Waals surface area contributed by atoms with Crippen LogP contribution in [0.3, 0.4) is 0 Å². The molecule has 1 aliphatic rings. The number of rotatable bonds is 3. The van der Waals surface area contributed by atoms with Crippen LogP contribution in [0.25, 0.3) is 0 Å². The number of thiophene rings is 1. The molecule has 0 spiro atoms. The van der Waals surface area contributed by atoms with Crippen LogP contribution in [-0.4, -0.2) is 22.3 Å². The summed E-state index contributed by atoms with van der Waals surface area (Å²) in [5.74, 6) is 0.524. The van der Waals surface area contributed by atoms with E-state index in [2.05, 4.69) is 10.4 Å². The van der Waals surface area contributed by atoms with Crippen LogP contribution in [0.15, 0.2) is 23.6 Å². The first-order valence-corrected chi connectivity index (χ1v) is 6.72. The van der Waals surface area contributed by atoms with Crippen LogP contribution in [0.4, 0.5) is 0 Å². The van der Waals surface area contributed by atoms with Gasteiger partial charge in [0, 0.05) is 23.9 Å². The van der Waals surface area contributed by atoms with Gasteiger partial charge in [-0.3, -0.25) is 4.79 Å². The minimum absolute atomic E-state index is 0.158. The number of aryl methyl sites for hydroxylation is 1. The molecule has 0 bridgehead atoms. The van der Waals surface area contributed by atoms with E-state index in [0.717, 1.165) is 17.8 Å². The Morgan fingerprint density at radius 1 is 1.61 bits per heavy atom. The highest BCUT2D eigenvalue weighted by Gasteiger charge is 2.17. The quantitative estimate of drug-likeness (QED) is 0.916. The Balaban J connectivity index is 1.67. The molecule has 0 saturated carbocycles. The standard InChI is InChI=1S/C12H13N3O2S/c16-12(13-8-9-3-1-6-18-9)10-7-11-15(14-10)4-2-5-17-11/h1,3,6-7H,2,4-5,8H2,(H,13,16). The SMILES string of the molecule is O=C(NCc1cccs1)c1cc2n(n1)CCCO2. The number of carbonyl (C=O) groups excluding carboxylic acids is 1. The van der Waals surface area contributed by atoms with E-state index in [-0.39, 0.29) is 5.91 Å². The smallest absolute Gasteiger partial charge is 0.272 e. The first-order valence-electron chi connectivity index (χ1n) is 5.84. The molecule has 1 N–H and O–H groups in total. The molecule has 0 saturated heterocycles. The summed E-state index contributed by atoms with van der Waals surface area (Å²) in [5, 5.41) is 9.07. The minimum atomic E-state index is -0.158. The van der Waals surface area contributed by atoms with Crippen LogP contribution in [0.1, 0.15) is 21.8 Å². The van der Waals surface area contributed by atoms with E-state index in [9.17, 15) is 4.79 Å². The van der Waals surface area contributed by atoms with E-state index >= 15 is 0 Å². The zero-order chi connectivity index (χ0) is 12.4. The second-order valence-electron chi connectivity index (χ2n) is 4.06. The van der Waals surface area contributed by atoms with Crippen molar-refractivity contribution in [2.45, 2.75) is 19.5 Å². The molecule has 18 heavy (non-hydrogen) atoms. The van der Waals surface area contributed by atoms with Crippen molar-refractivity contribution in [1.82, 2.24) is 15.1 Å². The predicted molar refractivity (Wildman–Crippen MR) is 67.8 cm³/mol. The maximum absolute atomic E-state index is 11.9. The van der Waals surface area contributed by atoms with Crippen molar-refractivity contribution in [2.24, 2.45) is 0 Å². The fraction of sp³-hybridized carbons (Fsp3) is 0.333. The lowest BCUT2D eigenvalue weighted by molar-refractivity contribution is 0.0945. The summed E-state index contributed by atoms with van der Waals surface area (Å²) in [4.78, 5) is 13.0. The van der Waals surface area contributed by atoms with Gasteiger partial charge in [0.15, 0.2) is 5.69 Å². The second-order valence-corrected chi connectivity index (χ2v) is 5.09. The van der Waals surface area contributed by atoms with Crippen LogP contribution in [0, 0.1) is 0 Å². The van der Waals surface area contributed by atoms with Crippen molar-refractivity contribution in [2.75, 3.05) is 6.61 Å². The molecular weight excluding hydrogens is 250 g/mol. The van der Waals surface area contributed by atoms with E-state index in [4.69, 9.17) is 4.74 Å². The van der Waals surface area contributed by atoms with Crippen LogP contribution in [0.5, 0.6) is 5.88 Å². The molecule has 1 amide bonds. The number of hydrogen-bond donors (Lipinski definition) is 1. The normalized spacial score (nSPS) is 13.8. The number of carbonyl (C=O) groups is 1. The molecule has 1 aliphatic heterocycles. The van der Waals surface area contributed by atoms with Crippen LogP contribution < -0.4 is 10.1 Å². The molecule has 3 rings (SSSR count). The highest BCUT2D eigenvalue weighted by Crippen LogP contribution is 2.18. The van der Waals surface area contributed by atoms with Crippen molar-refractivity contribution in [3.8, 4) is 5.88 Å². The average Bonchev–Trinajstić information content (AvgIpc) is 3.04. The third-order valence-electron chi connectivity index (χ3n) is 2.74. The fourth-order valence-electron chi connectivity index (χ4n) is 1.85. The summed E-state index contributed by atoms with van der Waals surface area (Å²) in [7, 11) is 0. The van der Waals surface area contributed by atoms with Gasteiger partial charge < -0.3 is 10.1 Å². The average molecular weight is 263 g/mol. The highest BCUT2D eigenvalue weighted by molar-refractivity contribution is 7.09. The molecule has 2 aromatic heterocycles. The Bertz CT molecular complexity index is 524. The summed E-state index contributed by atoms with van der Waals surface area (Å²) >= 11 is 1.62. The highest BCUT2D eigenvalue weighted by atomic mass is 32.1. The fourth-order valence-corrected chi connectivity index (χ4v) is 2.49. The van der Waals surface area contributed by atoms with Gasteiger partial charge in [0.05, 0.1) is 13.2 Å². The number of aromatic nitrogens is 2. The molecule has 0 fully saturated rings. The van der Waals surface area contributed by atoms with Crippen molar-refractivity contribution in [3.63, 3.8) is 0 Å². The summed E-state index contributed by atoms with van der Waals surface area (Å²) in [6.45, 7) is 2.05. The third kappa shape index (κ3) is 2.24. The summed E-state index contributed by atoms with van der Waals surface area (Å²) in [6, 6.07) is 5.66. The number of fused-ring (bicyclic) bond motifs is 1. The Kier molecular flexibility index (Phi) is 3.02. The summed E-state index contributed by atoms with van der Waals surface area (Å²) < 4.78 is 7.17. The topological polar surface area (TPSA) is 56.2 Å². The number of nitrogens with zero attached hydrogens (tertiary/aromatic N) is 2. The van der Waals surface area contributed by atoms with Gasteiger partial charge in [0.2, 0.25) is 5.88 Å². The Labute approximate surface area is 108 Å². The number of hydrogen-bond acceptors (Lipinski definition) is 4. The van der Waals surface area contributed by atoms with Crippen molar-refractivity contribution < 1.29 is 9.53 Å². The zero-order valence-electron chi connectivity index (χ0n) is 9.76. The third-order valence-corrected chi connectivity index (χ3v) is 3.62.